The van der Waals surface area contributed by atoms with Gasteiger partial charge in [0.05, 0.1) is 30.6 Å². The van der Waals surface area contributed by atoms with Crippen molar-refractivity contribution in [2.45, 2.75) is 6.61 Å². The molecule has 1 aliphatic rings. The minimum Gasteiger partial charge on any atom is -0.493 e. The van der Waals surface area contributed by atoms with Crippen LogP contribution in [0.2, 0.25) is 0 Å². The van der Waals surface area contributed by atoms with E-state index in [0.717, 1.165) is 15.3 Å². The van der Waals surface area contributed by atoms with Crippen molar-refractivity contribution in [3.8, 4) is 33.4 Å². The molecule has 1 N–H and O–H groups in total. The fraction of sp³-hybridized carbons (Fsp3) is 0.333. The number of fused-ring (bicyclic) bond motifs is 1. The number of methoxy groups -OCH3 is 2. The quantitative estimate of drug-likeness (QED) is 0.941. The molecule has 0 aliphatic carbocycles. The highest BCUT2D eigenvalue weighted by Gasteiger charge is 2.25. The molecule has 0 spiro atoms. The lowest BCUT2D eigenvalue weighted by Gasteiger charge is -2.17. The highest BCUT2D eigenvalue weighted by molar-refractivity contribution is 7.16. The van der Waals surface area contributed by atoms with Crippen molar-refractivity contribution in [3.63, 3.8) is 0 Å². The smallest absolute Gasteiger partial charge is 0.180 e. The number of aliphatic hydroxyl groups excluding tert-OH is 1. The van der Waals surface area contributed by atoms with Crippen LogP contribution < -0.4 is 18.9 Å². The Morgan fingerprint density at radius 3 is 2.48 bits per heavy atom. The molecular weight excluding hydrogens is 292 g/mol. The SMILES string of the molecule is COc1ccc(-c2sc(CO)c3c2OCCO3)cc1OC. The molecule has 0 saturated carbocycles. The first kappa shape index (κ1) is 14.0. The normalized spacial score (nSPS) is 13.1. The van der Waals surface area contributed by atoms with Gasteiger partial charge in [-0.2, -0.15) is 0 Å². The fourth-order valence-electron chi connectivity index (χ4n) is 2.28. The molecule has 1 aromatic carbocycles. The Balaban J connectivity index is 2.10. The van der Waals surface area contributed by atoms with Crippen molar-refractivity contribution in [1.82, 2.24) is 0 Å². The van der Waals surface area contributed by atoms with Gasteiger partial charge in [0.25, 0.3) is 0 Å². The summed E-state index contributed by atoms with van der Waals surface area (Å²) < 4.78 is 21.9. The Morgan fingerprint density at radius 2 is 1.81 bits per heavy atom. The average molecular weight is 308 g/mol. The second kappa shape index (κ2) is 5.83. The molecule has 0 saturated heterocycles. The summed E-state index contributed by atoms with van der Waals surface area (Å²) in [5, 5.41) is 9.47. The van der Waals surface area contributed by atoms with Crippen molar-refractivity contribution in [1.29, 1.82) is 0 Å². The largest absolute Gasteiger partial charge is 0.493 e. The maximum absolute atomic E-state index is 9.47. The monoisotopic (exact) mass is 308 g/mol. The molecule has 0 atom stereocenters. The molecule has 5 nitrogen and oxygen atoms in total. The number of hydrogen-bond donors (Lipinski definition) is 1. The van der Waals surface area contributed by atoms with Crippen molar-refractivity contribution >= 4 is 11.3 Å². The molecule has 1 aromatic heterocycles. The van der Waals surface area contributed by atoms with Crippen LogP contribution >= 0.6 is 11.3 Å². The molecule has 2 aromatic rings. The van der Waals surface area contributed by atoms with Crippen molar-refractivity contribution < 1.29 is 24.1 Å². The standard InChI is InChI=1S/C15H16O5S/c1-17-10-4-3-9(7-11(10)18-2)15-14-13(12(8-16)21-15)19-5-6-20-14/h3-4,7,16H,5-6,8H2,1-2H3. The van der Waals surface area contributed by atoms with Gasteiger partial charge in [-0.05, 0) is 23.8 Å². The lowest BCUT2D eigenvalue weighted by molar-refractivity contribution is 0.169. The number of rotatable bonds is 4. The highest BCUT2D eigenvalue weighted by atomic mass is 32.1. The van der Waals surface area contributed by atoms with Gasteiger partial charge in [-0.25, -0.2) is 0 Å². The number of benzene rings is 1. The first-order valence-corrected chi connectivity index (χ1v) is 7.34. The summed E-state index contributed by atoms with van der Waals surface area (Å²) in [5.41, 5.74) is 0.944. The van der Waals surface area contributed by atoms with Crippen molar-refractivity contribution in [3.05, 3.63) is 23.1 Å². The molecule has 0 fully saturated rings. The van der Waals surface area contributed by atoms with E-state index in [4.69, 9.17) is 18.9 Å². The van der Waals surface area contributed by atoms with Crippen molar-refractivity contribution in [2.24, 2.45) is 0 Å². The molecule has 0 amide bonds. The van der Waals surface area contributed by atoms with Crippen LogP contribution in [-0.4, -0.2) is 32.5 Å². The van der Waals surface area contributed by atoms with E-state index in [2.05, 4.69) is 0 Å². The van der Waals surface area contributed by atoms with Crippen LogP contribution in [0.3, 0.4) is 0 Å². The predicted molar refractivity (Wildman–Crippen MR) is 79.8 cm³/mol. The van der Waals surface area contributed by atoms with E-state index in [1.165, 1.54) is 11.3 Å². The minimum atomic E-state index is -0.0658. The molecule has 21 heavy (non-hydrogen) atoms. The van der Waals surface area contributed by atoms with Crippen LogP contribution in [0.1, 0.15) is 4.88 Å². The van der Waals surface area contributed by atoms with Crippen LogP contribution in [0.4, 0.5) is 0 Å². The number of aliphatic hydroxyl groups is 1. The zero-order chi connectivity index (χ0) is 14.8. The van der Waals surface area contributed by atoms with Gasteiger partial charge in [-0.3, -0.25) is 0 Å². The molecule has 6 heteroatoms. The zero-order valence-corrected chi connectivity index (χ0v) is 12.7. The minimum absolute atomic E-state index is 0.0658. The number of thiophene rings is 1. The zero-order valence-electron chi connectivity index (χ0n) is 11.8. The lowest BCUT2D eigenvalue weighted by Crippen LogP contribution is -2.15. The van der Waals surface area contributed by atoms with Crippen LogP contribution in [0.5, 0.6) is 23.0 Å². The molecule has 0 bridgehead atoms. The molecule has 112 valence electrons. The van der Waals surface area contributed by atoms with Crippen LogP contribution in [0, 0.1) is 0 Å². The van der Waals surface area contributed by atoms with Gasteiger partial charge in [0.2, 0.25) is 0 Å². The van der Waals surface area contributed by atoms with Crippen LogP contribution in [-0.2, 0) is 6.61 Å². The molecule has 3 rings (SSSR count). The van der Waals surface area contributed by atoms with E-state index < -0.39 is 0 Å². The van der Waals surface area contributed by atoms with E-state index in [0.29, 0.717) is 36.2 Å². The van der Waals surface area contributed by atoms with E-state index in [1.807, 2.05) is 18.2 Å². The van der Waals surface area contributed by atoms with E-state index in [1.54, 1.807) is 14.2 Å². The number of ether oxygens (including phenoxy) is 4. The van der Waals surface area contributed by atoms with Crippen LogP contribution in [0.25, 0.3) is 10.4 Å². The predicted octanol–water partition coefficient (Wildman–Crippen LogP) is 2.70. The first-order valence-electron chi connectivity index (χ1n) is 6.53. The maximum Gasteiger partial charge on any atom is 0.180 e. The topological polar surface area (TPSA) is 57.2 Å². The van der Waals surface area contributed by atoms with E-state index in [-0.39, 0.29) is 6.61 Å². The van der Waals surface area contributed by atoms with Gasteiger partial charge in [-0.1, -0.05) is 0 Å². The molecule has 2 heterocycles. The summed E-state index contributed by atoms with van der Waals surface area (Å²) >= 11 is 1.46. The fourth-order valence-corrected chi connectivity index (χ4v) is 3.33. The molecule has 0 radical (unpaired) electrons. The van der Waals surface area contributed by atoms with E-state index >= 15 is 0 Å². The highest BCUT2D eigenvalue weighted by Crippen LogP contribution is 2.50. The molecule has 1 aliphatic heterocycles. The lowest BCUT2D eigenvalue weighted by atomic mass is 10.1. The second-order valence-electron chi connectivity index (χ2n) is 4.44. The maximum atomic E-state index is 9.47. The Morgan fingerprint density at radius 1 is 1.10 bits per heavy atom. The van der Waals surface area contributed by atoms with Gasteiger partial charge >= 0.3 is 0 Å². The van der Waals surface area contributed by atoms with Gasteiger partial charge in [-0.15, -0.1) is 11.3 Å². The summed E-state index contributed by atoms with van der Waals surface area (Å²) in [6, 6.07) is 5.68. The Kier molecular flexibility index (Phi) is 3.90. The van der Waals surface area contributed by atoms with Crippen molar-refractivity contribution in [2.75, 3.05) is 27.4 Å². The molecular formula is C15H16O5S. The summed E-state index contributed by atoms with van der Waals surface area (Å²) in [5.74, 6) is 2.67. The van der Waals surface area contributed by atoms with E-state index in [9.17, 15) is 5.11 Å². The molecule has 0 unspecified atom stereocenters. The van der Waals surface area contributed by atoms with Gasteiger partial charge in [0, 0.05) is 0 Å². The average Bonchev–Trinajstić information content (AvgIpc) is 2.93. The summed E-state index contributed by atoms with van der Waals surface area (Å²) in [6.45, 7) is 0.945. The third-order valence-corrected chi connectivity index (χ3v) is 4.44. The van der Waals surface area contributed by atoms with Gasteiger partial charge in [0.15, 0.2) is 23.0 Å². The Bertz CT molecular complexity index is 650. The van der Waals surface area contributed by atoms with Gasteiger partial charge in [0.1, 0.15) is 13.2 Å². The Hall–Kier alpha value is -1.92. The first-order chi connectivity index (χ1) is 10.3. The second-order valence-corrected chi connectivity index (χ2v) is 5.54. The third kappa shape index (κ3) is 2.41. The summed E-state index contributed by atoms with van der Waals surface area (Å²) in [4.78, 5) is 1.70. The number of hydrogen-bond acceptors (Lipinski definition) is 6. The van der Waals surface area contributed by atoms with Crippen LogP contribution in [0.15, 0.2) is 18.2 Å². The third-order valence-electron chi connectivity index (χ3n) is 3.26. The summed E-state index contributed by atoms with van der Waals surface area (Å²) in [6.07, 6.45) is 0. The Labute approximate surface area is 126 Å². The summed E-state index contributed by atoms with van der Waals surface area (Å²) in [7, 11) is 3.20. The van der Waals surface area contributed by atoms with Gasteiger partial charge < -0.3 is 24.1 Å².